The van der Waals surface area contributed by atoms with Gasteiger partial charge in [-0.05, 0) is 51.4 Å². The lowest BCUT2D eigenvalue weighted by Crippen LogP contribution is -2.35. The van der Waals surface area contributed by atoms with Gasteiger partial charge in [0.05, 0.1) is 112 Å². The lowest BCUT2D eigenvalue weighted by Gasteiger charge is -2.26. The summed E-state index contributed by atoms with van der Waals surface area (Å²) in [6.45, 7) is 29.3. The second-order valence-electron chi connectivity index (χ2n) is 19.1. The van der Waals surface area contributed by atoms with Crippen molar-refractivity contribution >= 4 is 0 Å². The van der Waals surface area contributed by atoms with Crippen molar-refractivity contribution in [1.29, 1.82) is 0 Å². The highest BCUT2D eigenvalue weighted by atomic mass is 16.6. The van der Waals surface area contributed by atoms with Gasteiger partial charge in [0.2, 0.25) is 0 Å². The van der Waals surface area contributed by atoms with Gasteiger partial charge >= 0.3 is 0 Å². The van der Waals surface area contributed by atoms with E-state index in [-0.39, 0.29) is 48.8 Å². The first kappa shape index (κ1) is 70.4. The Morgan fingerprint density at radius 3 is 0.577 bits per heavy atom. The average molecular weight is 1030 g/mol. The van der Waals surface area contributed by atoms with E-state index in [4.69, 9.17) is 66.3 Å². The fraction of sp³-hybridized carbons (Fsp3) is 1.00. The Kier molecular flexibility index (Phi) is 56.6. The summed E-state index contributed by atoms with van der Waals surface area (Å²) in [6, 6.07) is 0. The number of ether oxygens (including phenoxy) is 14. The van der Waals surface area contributed by atoms with Gasteiger partial charge in [-0.3, -0.25) is 0 Å². The molecule has 0 aliphatic heterocycles. The zero-order chi connectivity index (χ0) is 51.9. The van der Waals surface area contributed by atoms with Crippen LogP contribution in [-0.2, 0) is 66.3 Å². The van der Waals surface area contributed by atoms with Crippen LogP contribution in [0, 0.1) is 17.8 Å². The lowest BCUT2D eigenvalue weighted by atomic mass is 10.1. The van der Waals surface area contributed by atoms with Gasteiger partial charge in [0.25, 0.3) is 0 Å². The maximum Gasteiger partial charge on any atom is 0.104 e. The van der Waals surface area contributed by atoms with Crippen molar-refractivity contribution < 1.29 is 71.4 Å². The van der Waals surface area contributed by atoms with Crippen LogP contribution < -0.4 is 0 Å². The SMILES string of the molecule is CCCCOCC(COCCCC)OCC(COCC(CO)COCC(COC(COCCCC)COCCCC)COC(COCCCC)COCCCC)COC(COCCCC)COCCCC. The summed E-state index contributed by atoms with van der Waals surface area (Å²) in [4.78, 5) is 0. The summed E-state index contributed by atoms with van der Waals surface area (Å²) in [5.41, 5.74) is 0. The lowest BCUT2D eigenvalue weighted by molar-refractivity contribution is -0.113. The van der Waals surface area contributed by atoms with Gasteiger partial charge < -0.3 is 71.4 Å². The van der Waals surface area contributed by atoms with Crippen molar-refractivity contribution in [3.8, 4) is 0 Å². The number of aliphatic hydroxyl groups is 1. The van der Waals surface area contributed by atoms with Crippen LogP contribution in [0.3, 0.4) is 0 Å². The first-order valence-electron chi connectivity index (χ1n) is 28.8. The van der Waals surface area contributed by atoms with Gasteiger partial charge in [0, 0.05) is 70.6 Å². The molecule has 0 radical (unpaired) electrons. The molecule has 15 nitrogen and oxygen atoms in total. The zero-order valence-corrected chi connectivity index (χ0v) is 47.2. The van der Waals surface area contributed by atoms with E-state index in [1.54, 1.807) is 0 Å². The van der Waals surface area contributed by atoms with Gasteiger partial charge in [-0.1, -0.05) is 107 Å². The molecule has 0 amide bonds. The molecule has 71 heavy (non-hydrogen) atoms. The van der Waals surface area contributed by atoms with Crippen LogP contribution in [0.15, 0.2) is 0 Å². The average Bonchev–Trinajstić information content (AvgIpc) is 3.38. The zero-order valence-electron chi connectivity index (χ0n) is 47.2. The number of unbranched alkanes of at least 4 members (excludes halogenated alkanes) is 8. The van der Waals surface area contributed by atoms with E-state index in [9.17, 15) is 5.11 Å². The highest BCUT2D eigenvalue weighted by molar-refractivity contribution is 4.68. The quantitative estimate of drug-likeness (QED) is 0.0576. The molecular weight excluding hydrogens is 913 g/mol. The summed E-state index contributed by atoms with van der Waals surface area (Å²) < 4.78 is 86.8. The Balaban J connectivity index is 5.99. The molecule has 0 aromatic carbocycles. The summed E-state index contributed by atoms with van der Waals surface area (Å²) in [5.74, 6) is -0.464. The summed E-state index contributed by atoms with van der Waals surface area (Å²) in [6.07, 6.45) is 15.7. The fourth-order valence-electron chi connectivity index (χ4n) is 6.60. The third-order valence-corrected chi connectivity index (χ3v) is 11.5. The van der Waals surface area contributed by atoms with Crippen LogP contribution >= 0.6 is 0 Å². The first-order valence-corrected chi connectivity index (χ1v) is 28.8. The van der Waals surface area contributed by atoms with E-state index in [1.165, 1.54) is 0 Å². The molecule has 0 spiro atoms. The van der Waals surface area contributed by atoms with Crippen molar-refractivity contribution in [2.45, 2.75) is 183 Å². The molecule has 15 heteroatoms. The molecule has 0 unspecified atom stereocenters. The van der Waals surface area contributed by atoms with Crippen LogP contribution in [0.25, 0.3) is 0 Å². The highest BCUT2D eigenvalue weighted by Gasteiger charge is 2.22. The van der Waals surface area contributed by atoms with Crippen LogP contribution in [0.2, 0.25) is 0 Å². The van der Waals surface area contributed by atoms with Crippen molar-refractivity contribution in [3.63, 3.8) is 0 Å². The highest BCUT2D eigenvalue weighted by Crippen LogP contribution is 2.13. The third-order valence-electron chi connectivity index (χ3n) is 11.5. The van der Waals surface area contributed by atoms with Crippen LogP contribution in [-0.4, -0.2) is 195 Å². The maximum atomic E-state index is 10.6. The smallest absolute Gasteiger partial charge is 0.104 e. The molecule has 0 aliphatic rings. The largest absolute Gasteiger partial charge is 0.396 e. The summed E-state index contributed by atoms with van der Waals surface area (Å²) >= 11 is 0. The standard InChI is InChI=1S/C56H114O15/c1-9-17-25-58-42-53(43-59-26-18-10-2)68-38-51(39-69-54(44-60-27-19-11-3)45-61-28-20-12-4)36-66-34-50(33-57)35-67-37-52(40-70-55(46-62-29-21-13-5)47-63-30-22-14-6)41-71-56(48-64-31-23-15-7)49-65-32-24-16-8/h50-57H,9-49H2,1-8H3. The molecule has 0 heterocycles. The van der Waals surface area contributed by atoms with Crippen LogP contribution in [0.4, 0.5) is 0 Å². The van der Waals surface area contributed by atoms with Crippen molar-refractivity contribution in [1.82, 2.24) is 0 Å². The second kappa shape index (κ2) is 57.1. The Labute approximate surface area is 435 Å². The molecule has 0 aromatic rings. The van der Waals surface area contributed by atoms with E-state index in [1.807, 2.05) is 0 Å². The second-order valence-corrected chi connectivity index (χ2v) is 19.1. The molecule has 0 rings (SSSR count). The Hall–Kier alpha value is -0.600. The van der Waals surface area contributed by atoms with Gasteiger partial charge in [-0.25, -0.2) is 0 Å². The predicted molar refractivity (Wildman–Crippen MR) is 284 cm³/mol. The monoisotopic (exact) mass is 1030 g/mol. The van der Waals surface area contributed by atoms with E-state index in [0.717, 1.165) is 103 Å². The number of hydrogen-bond donors (Lipinski definition) is 1. The normalized spacial score (nSPS) is 12.3. The minimum absolute atomic E-state index is 0.0909. The number of aliphatic hydroxyl groups excluding tert-OH is 1. The molecule has 0 aromatic heterocycles. The van der Waals surface area contributed by atoms with Crippen molar-refractivity contribution in [3.05, 3.63) is 0 Å². The number of hydrogen-bond acceptors (Lipinski definition) is 15. The topological polar surface area (TPSA) is 149 Å². The summed E-state index contributed by atoms with van der Waals surface area (Å²) in [5, 5.41) is 10.6. The van der Waals surface area contributed by atoms with Crippen molar-refractivity contribution in [2.24, 2.45) is 17.8 Å². The Bertz CT molecular complexity index is 817. The molecule has 0 fully saturated rings. The molecule has 1 N–H and O–H groups in total. The van der Waals surface area contributed by atoms with Gasteiger partial charge in [-0.15, -0.1) is 0 Å². The number of rotatable bonds is 61. The van der Waals surface area contributed by atoms with E-state index < -0.39 is 0 Å². The third kappa shape index (κ3) is 47.6. The van der Waals surface area contributed by atoms with Gasteiger partial charge in [-0.2, -0.15) is 0 Å². The molecule has 0 saturated carbocycles. The molecule has 0 aliphatic carbocycles. The fourth-order valence-corrected chi connectivity index (χ4v) is 6.60. The van der Waals surface area contributed by atoms with E-state index >= 15 is 0 Å². The minimum atomic E-state index is -0.253. The molecule has 0 saturated heterocycles. The van der Waals surface area contributed by atoms with Gasteiger partial charge in [0.15, 0.2) is 0 Å². The maximum absolute atomic E-state index is 10.6. The van der Waals surface area contributed by atoms with Crippen molar-refractivity contribution in [2.75, 3.05) is 165 Å². The molecule has 0 bridgehead atoms. The van der Waals surface area contributed by atoms with Crippen LogP contribution in [0.1, 0.15) is 158 Å². The molecular formula is C56H114O15. The molecule has 428 valence electrons. The molecule has 0 atom stereocenters. The van der Waals surface area contributed by atoms with E-state index in [0.29, 0.717) is 159 Å². The van der Waals surface area contributed by atoms with Crippen LogP contribution in [0.5, 0.6) is 0 Å². The minimum Gasteiger partial charge on any atom is -0.396 e. The van der Waals surface area contributed by atoms with Gasteiger partial charge in [0.1, 0.15) is 24.4 Å². The summed E-state index contributed by atoms with van der Waals surface area (Å²) in [7, 11) is 0. The predicted octanol–water partition coefficient (Wildman–Crippen LogP) is 9.93. The Morgan fingerprint density at radius 1 is 0.225 bits per heavy atom. The first-order chi connectivity index (χ1) is 34.9. The van der Waals surface area contributed by atoms with E-state index in [2.05, 4.69) is 55.4 Å². The Morgan fingerprint density at radius 2 is 0.408 bits per heavy atom.